The minimum atomic E-state index is -0.393. The van der Waals surface area contributed by atoms with Gasteiger partial charge in [0.05, 0.1) is 4.20 Å². The van der Waals surface area contributed by atoms with E-state index in [1.54, 1.807) is 12.1 Å². The van der Waals surface area contributed by atoms with E-state index in [9.17, 15) is 4.79 Å². The maximum atomic E-state index is 12.1. The lowest BCUT2D eigenvalue weighted by atomic mass is 9.48. The summed E-state index contributed by atoms with van der Waals surface area (Å²) in [7, 11) is 0. The number of carbonyl (C=O) groups excluding carboxylic acids is 1. The molecule has 3 N–H and O–H groups in total. The van der Waals surface area contributed by atoms with Crippen LogP contribution in [0.5, 0.6) is 0 Å². The average Bonchev–Trinajstić information content (AvgIpc) is 2.65. The van der Waals surface area contributed by atoms with Crippen molar-refractivity contribution in [1.82, 2.24) is 15.7 Å². The van der Waals surface area contributed by atoms with Crippen molar-refractivity contribution in [1.29, 1.82) is 0 Å². The maximum Gasteiger partial charge on any atom is 0.350 e. The van der Waals surface area contributed by atoms with Crippen molar-refractivity contribution in [2.24, 2.45) is 28.3 Å². The van der Waals surface area contributed by atoms with E-state index in [1.165, 1.54) is 38.5 Å². The molecule has 0 atom stereocenters. The molecule has 0 radical (unpaired) electrons. The van der Waals surface area contributed by atoms with Crippen LogP contribution in [0.1, 0.15) is 51.0 Å². The number of carbonyl (C=O) groups is 1. The Kier molecular flexibility index (Phi) is 5.97. The minimum Gasteiger partial charge on any atom is -0.262 e. The average molecular weight is 437 g/mol. The zero-order chi connectivity index (χ0) is 19.7. The lowest BCUT2D eigenvalue weighted by Gasteiger charge is -2.56. The molecule has 4 aliphatic rings. The Hall–Kier alpha value is -1.15. The van der Waals surface area contributed by atoms with Gasteiger partial charge in [0.1, 0.15) is 0 Å². The van der Waals surface area contributed by atoms with Crippen molar-refractivity contribution < 1.29 is 4.79 Å². The third-order valence-corrected chi connectivity index (χ3v) is 7.88. The van der Waals surface area contributed by atoms with Gasteiger partial charge in [0.15, 0.2) is 0 Å². The first-order valence-electron chi connectivity index (χ1n) is 9.76. The molecule has 1 aromatic carbocycles. The van der Waals surface area contributed by atoms with E-state index in [1.807, 2.05) is 12.1 Å². The summed E-state index contributed by atoms with van der Waals surface area (Å²) in [5.41, 5.74) is 7.35. The van der Waals surface area contributed by atoms with Gasteiger partial charge in [-0.3, -0.25) is 5.43 Å². The normalized spacial score (nSPS) is 30.9. The third kappa shape index (κ3) is 4.37. The molecule has 0 heterocycles. The van der Waals surface area contributed by atoms with Crippen LogP contribution in [0, 0.1) is 23.2 Å². The quantitative estimate of drug-likeness (QED) is 0.261. The van der Waals surface area contributed by atoms with Crippen LogP contribution in [0.3, 0.4) is 0 Å². The number of benzene rings is 1. The van der Waals surface area contributed by atoms with Crippen LogP contribution in [-0.2, 0) is 0 Å². The highest BCUT2D eigenvalue weighted by Gasteiger charge is 2.52. The summed E-state index contributed by atoms with van der Waals surface area (Å²) < 4.78 is 0.616. The first-order chi connectivity index (χ1) is 13.4. The standard InChI is InChI=1S/C20H25ClN4OS2/c1-12(20-9-13-6-14(10-20)8-15(7-13)11-20)22-23-19(26)24-25-28-18(27)16-2-4-17(21)5-3-16/h2-5,13-15,25H,6-11H2,1H3,(H2,23,24,26)/b22-12+. The van der Waals surface area contributed by atoms with Gasteiger partial charge in [0.25, 0.3) is 0 Å². The molecular weight excluding hydrogens is 412 g/mol. The van der Waals surface area contributed by atoms with E-state index in [0.717, 1.165) is 41.0 Å². The molecule has 28 heavy (non-hydrogen) atoms. The fourth-order valence-electron chi connectivity index (χ4n) is 5.60. The first-order valence-corrected chi connectivity index (χ1v) is 11.4. The van der Waals surface area contributed by atoms with E-state index < -0.39 is 6.03 Å². The number of halogens is 1. The summed E-state index contributed by atoms with van der Waals surface area (Å²) in [6.07, 6.45) is 7.91. The number of nitrogens with zero attached hydrogens (tertiary/aromatic N) is 1. The number of nitrogens with one attached hydrogen (secondary N) is 3. The van der Waals surface area contributed by atoms with Crippen LogP contribution in [0.2, 0.25) is 5.02 Å². The van der Waals surface area contributed by atoms with Crippen LogP contribution in [-0.4, -0.2) is 15.9 Å². The lowest BCUT2D eigenvalue weighted by molar-refractivity contribution is -0.0128. The molecule has 0 aliphatic heterocycles. The molecule has 8 heteroatoms. The smallest absolute Gasteiger partial charge is 0.262 e. The highest BCUT2D eigenvalue weighted by atomic mass is 35.5. The first kappa shape index (κ1) is 20.1. The summed E-state index contributed by atoms with van der Waals surface area (Å²) in [5.74, 6) is 2.58. The molecule has 1 aromatic rings. The van der Waals surface area contributed by atoms with Gasteiger partial charge in [-0.15, -0.1) is 0 Å². The Morgan fingerprint density at radius 2 is 1.71 bits per heavy atom. The topological polar surface area (TPSA) is 65.5 Å². The monoisotopic (exact) mass is 436 g/mol. The van der Waals surface area contributed by atoms with Gasteiger partial charge in [0.2, 0.25) is 0 Å². The molecule has 2 amide bonds. The van der Waals surface area contributed by atoms with Gasteiger partial charge in [-0.05, 0) is 87.3 Å². The molecule has 5 nitrogen and oxygen atoms in total. The summed E-state index contributed by atoms with van der Waals surface area (Å²) in [6.45, 7) is 2.07. The minimum absolute atomic E-state index is 0.209. The van der Waals surface area contributed by atoms with Crippen molar-refractivity contribution in [3.05, 3.63) is 34.9 Å². The van der Waals surface area contributed by atoms with Crippen molar-refractivity contribution in [2.45, 2.75) is 45.4 Å². The zero-order valence-electron chi connectivity index (χ0n) is 15.8. The number of hydrazone groups is 1. The maximum absolute atomic E-state index is 12.1. The van der Waals surface area contributed by atoms with E-state index in [0.29, 0.717) is 9.22 Å². The number of hydrogen-bond donors (Lipinski definition) is 3. The number of rotatable bonds is 5. The second-order valence-corrected chi connectivity index (χ2v) is 10.4. The van der Waals surface area contributed by atoms with Crippen LogP contribution in [0.15, 0.2) is 29.4 Å². The van der Waals surface area contributed by atoms with Crippen LogP contribution >= 0.6 is 35.8 Å². The number of amides is 2. The molecule has 0 aromatic heterocycles. The van der Waals surface area contributed by atoms with Crippen molar-refractivity contribution in [3.63, 3.8) is 0 Å². The van der Waals surface area contributed by atoms with Gasteiger partial charge in [-0.25, -0.2) is 10.2 Å². The molecule has 0 unspecified atom stereocenters. The van der Waals surface area contributed by atoms with Gasteiger partial charge in [0, 0.05) is 21.7 Å². The number of hydrazine groups is 1. The Bertz CT molecular complexity index is 761. The molecule has 0 spiro atoms. The summed E-state index contributed by atoms with van der Waals surface area (Å²) in [4.78, 5) is 14.8. The van der Waals surface area contributed by atoms with Gasteiger partial charge >= 0.3 is 6.03 Å². The Labute approximate surface area is 180 Å². The number of urea groups is 1. The molecule has 5 rings (SSSR count). The van der Waals surface area contributed by atoms with Crippen LogP contribution in [0.4, 0.5) is 4.79 Å². The van der Waals surface area contributed by atoms with Crippen molar-refractivity contribution in [3.8, 4) is 0 Å². The number of thiocarbonyl (C=S) groups is 1. The second-order valence-electron chi connectivity index (χ2n) is 8.46. The highest BCUT2D eigenvalue weighted by Crippen LogP contribution is 2.60. The van der Waals surface area contributed by atoms with Crippen LogP contribution in [0.25, 0.3) is 0 Å². The predicted octanol–water partition coefficient (Wildman–Crippen LogP) is 5.06. The molecule has 0 saturated heterocycles. The molecular formula is C20H25ClN4OS2. The Morgan fingerprint density at radius 1 is 1.14 bits per heavy atom. The molecule has 4 aliphatic carbocycles. The fourth-order valence-corrected chi connectivity index (χ4v) is 6.48. The summed E-state index contributed by atoms with van der Waals surface area (Å²) in [5, 5.41) is 5.10. The lowest BCUT2D eigenvalue weighted by Crippen LogP contribution is -2.50. The molecule has 4 fully saturated rings. The highest BCUT2D eigenvalue weighted by molar-refractivity contribution is 8.22. The van der Waals surface area contributed by atoms with Crippen molar-refractivity contribution >= 4 is 51.7 Å². The fraction of sp³-hybridized carbons (Fsp3) is 0.550. The van der Waals surface area contributed by atoms with Crippen LogP contribution < -0.4 is 15.7 Å². The van der Waals surface area contributed by atoms with Gasteiger partial charge < -0.3 is 0 Å². The molecule has 4 saturated carbocycles. The predicted molar refractivity (Wildman–Crippen MR) is 119 cm³/mol. The van der Waals surface area contributed by atoms with Gasteiger partial charge in [-0.1, -0.05) is 36.0 Å². The third-order valence-electron chi connectivity index (χ3n) is 6.52. The van der Waals surface area contributed by atoms with E-state index >= 15 is 0 Å². The van der Waals surface area contributed by atoms with E-state index in [2.05, 4.69) is 27.7 Å². The molecule has 4 bridgehead atoms. The van der Waals surface area contributed by atoms with Crippen molar-refractivity contribution in [2.75, 3.05) is 0 Å². The van der Waals surface area contributed by atoms with E-state index in [-0.39, 0.29) is 5.41 Å². The SMILES string of the molecule is C/C(=N\NC(=O)NNSC(=S)c1ccc(Cl)cc1)C12CC3CC(CC(C3)C1)C2. The Balaban J connectivity index is 1.25. The number of hydrogen-bond acceptors (Lipinski definition) is 5. The molecule has 150 valence electrons. The summed E-state index contributed by atoms with van der Waals surface area (Å²) >= 11 is 12.4. The summed E-state index contributed by atoms with van der Waals surface area (Å²) in [6, 6.07) is 6.87. The second kappa shape index (κ2) is 8.30. The van der Waals surface area contributed by atoms with E-state index in [4.69, 9.17) is 23.8 Å². The van der Waals surface area contributed by atoms with Gasteiger partial charge in [-0.2, -0.15) is 9.93 Å². The zero-order valence-corrected chi connectivity index (χ0v) is 18.2. The largest absolute Gasteiger partial charge is 0.350 e. The Morgan fingerprint density at radius 3 is 2.29 bits per heavy atom.